The van der Waals surface area contributed by atoms with Crippen LogP contribution in [-0.4, -0.2) is 16.5 Å². The number of nitrogens with two attached hydrogens (primary N) is 1. The lowest BCUT2D eigenvalue weighted by Crippen LogP contribution is -2.26. The Bertz CT molecular complexity index is 567. The van der Waals surface area contributed by atoms with E-state index >= 15 is 0 Å². The summed E-state index contributed by atoms with van der Waals surface area (Å²) in [4.78, 5) is 8.99. The van der Waals surface area contributed by atoms with Gasteiger partial charge in [-0.1, -0.05) is 48.0 Å². The van der Waals surface area contributed by atoms with Crippen LogP contribution >= 0.6 is 15.9 Å². The second-order valence-corrected chi connectivity index (χ2v) is 6.24. The van der Waals surface area contributed by atoms with E-state index in [2.05, 4.69) is 39.7 Å². The highest BCUT2D eigenvalue weighted by molar-refractivity contribution is 9.10. The Morgan fingerprint density at radius 1 is 1.21 bits per heavy atom. The number of aromatic nitrogens is 2. The summed E-state index contributed by atoms with van der Waals surface area (Å²) in [6.07, 6.45) is 2.59. The van der Waals surface area contributed by atoms with Gasteiger partial charge in [0.15, 0.2) is 0 Å². The second kappa shape index (κ2) is 5.80. The van der Waals surface area contributed by atoms with E-state index in [0.29, 0.717) is 6.54 Å². The van der Waals surface area contributed by atoms with Crippen molar-refractivity contribution in [1.82, 2.24) is 9.97 Å². The summed E-state index contributed by atoms with van der Waals surface area (Å²) >= 11 is 3.55. The molecule has 2 N–H and O–H groups in total. The highest BCUT2D eigenvalue weighted by Crippen LogP contribution is 2.27. The van der Waals surface area contributed by atoms with Gasteiger partial charge in [0.1, 0.15) is 5.82 Å². The molecule has 1 aromatic carbocycles. The van der Waals surface area contributed by atoms with E-state index in [-0.39, 0.29) is 5.41 Å². The van der Waals surface area contributed by atoms with Crippen LogP contribution in [0.25, 0.3) is 11.3 Å². The Morgan fingerprint density at radius 3 is 2.63 bits per heavy atom. The maximum Gasteiger partial charge on any atom is 0.129 e. The van der Waals surface area contributed by atoms with Crippen LogP contribution in [0.5, 0.6) is 0 Å². The quantitative estimate of drug-likeness (QED) is 0.939. The fourth-order valence-corrected chi connectivity index (χ4v) is 2.29. The van der Waals surface area contributed by atoms with Crippen molar-refractivity contribution in [2.45, 2.75) is 20.3 Å². The molecular formula is C15H18BrN3. The molecule has 0 bridgehead atoms. The van der Waals surface area contributed by atoms with E-state index < -0.39 is 0 Å². The minimum Gasteiger partial charge on any atom is -0.330 e. The van der Waals surface area contributed by atoms with Crippen LogP contribution in [0, 0.1) is 5.41 Å². The molecule has 0 amide bonds. The predicted molar refractivity (Wildman–Crippen MR) is 81.7 cm³/mol. The molecule has 0 aliphatic carbocycles. The second-order valence-electron chi connectivity index (χ2n) is 5.38. The summed E-state index contributed by atoms with van der Waals surface area (Å²) in [7, 11) is 0. The zero-order chi connectivity index (χ0) is 13.9. The first-order chi connectivity index (χ1) is 9.02. The van der Waals surface area contributed by atoms with E-state index in [1.807, 2.05) is 36.5 Å². The van der Waals surface area contributed by atoms with Gasteiger partial charge in [-0.25, -0.2) is 9.97 Å². The minimum atomic E-state index is 0.0204. The zero-order valence-electron chi connectivity index (χ0n) is 11.2. The standard InChI is InChI=1S/C15H18BrN3/c1-15(2,10-17)9-14-18-8-7-13(19-14)11-5-3-4-6-12(11)16/h3-8H,9-10,17H2,1-2H3. The predicted octanol–water partition coefficient (Wildman–Crippen LogP) is 3.43. The third kappa shape index (κ3) is 3.61. The number of benzene rings is 1. The van der Waals surface area contributed by atoms with Crippen molar-refractivity contribution >= 4 is 15.9 Å². The van der Waals surface area contributed by atoms with Crippen molar-refractivity contribution < 1.29 is 0 Å². The molecule has 1 heterocycles. The SMILES string of the molecule is CC(C)(CN)Cc1nccc(-c2ccccc2Br)n1. The van der Waals surface area contributed by atoms with Gasteiger partial charge in [0.05, 0.1) is 5.69 Å². The summed E-state index contributed by atoms with van der Waals surface area (Å²) in [6, 6.07) is 9.99. The molecule has 0 aliphatic heterocycles. The Balaban J connectivity index is 2.33. The first kappa shape index (κ1) is 14.2. The number of hydrogen-bond donors (Lipinski definition) is 1. The summed E-state index contributed by atoms with van der Waals surface area (Å²) < 4.78 is 1.04. The van der Waals surface area contributed by atoms with Crippen LogP contribution in [0.4, 0.5) is 0 Å². The average molecular weight is 320 g/mol. The van der Waals surface area contributed by atoms with Crippen LogP contribution in [0.3, 0.4) is 0 Å². The van der Waals surface area contributed by atoms with E-state index in [1.165, 1.54) is 0 Å². The monoisotopic (exact) mass is 319 g/mol. The normalized spacial score (nSPS) is 11.6. The van der Waals surface area contributed by atoms with Gasteiger partial charge in [-0.3, -0.25) is 0 Å². The molecule has 0 spiro atoms. The lowest BCUT2D eigenvalue weighted by Gasteiger charge is -2.21. The minimum absolute atomic E-state index is 0.0204. The van der Waals surface area contributed by atoms with E-state index in [0.717, 1.165) is 28.0 Å². The van der Waals surface area contributed by atoms with Gasteiger partial charge in [-0.2, -0.15) is 0 Å². The van der Waals surface area contributed by atoms with Gasteiger partial charge in [-0.05, 0) is 24.1 Å². The lowest BCUT2D eigenvalue weighted by atomic mass is 9.89. The first-order valence-electron chi connectivity index (χ1n) is 6.29. The molecule has 100 valence electrons. The maximum absolute atomic E-state index is 5.76. The van der Waals surface area contributed by atoms with Gasteiger partial charge >= 0.3 is 0 Å². The van der Waals surface area contributed by atoms with Crippen molar-refractivity contribution in [2.75, 3.05) is 6.54 Å². The van der Waals surface area contributed by atoms with Gasteiger partial charge < -0.3 is 5.73 Å². The van der Waals surface area contributed by atoms with Crippen molar-refractivity contribution in [3.8, 4) is 11.3 Å². The number of hydrogen-bond acceptors (Lipinski definition) is 3. The molecule has 19 heavy (non-hydrogen) atoms. The summed E-state index contributed by atoms with van der Waals surface area (Å²) in [6.45, 7) is 4.87. The topological polar surface area (TPSA) is 51.8 Å². The van der Waals surface area contributed by atoms with Crippen LogP contribution in [0.1, 0.15) is 19.7 Å². The Hall–Kier alpha value is -1.26. The molecule has 0 aliphatic rings. The van der Waals surface area contributed by atoms with E-state index in [9.17, 15) is 0 Å². The molecule has 2 rings (SSSR count). The van der Waals surface area contributed by atoms with Crippen LogP contribution < -0.4 is 5.73 Å². The third-order valence-corrected chi connectivity index (χ3v) is 3.74. The van der Waals surface area contributed by atoms with E-state index in [4.69, 9.17) is 5.73 Å². The fourth-order valence-electron chi connectivity index (χ4n) is 1.80. The summed E-state index contributed by atoms with van der Waals surface area (Å²) in [5, 5.41) is 0. The molecule has 0 saturated carbocycles. The van der Waals surface area contributed by atoms with Crippen molar-refractivity contribution in [2.24, 2.45) is 11.1 Å². The molecule has 0 unspecified atom stereocenters. The summed E-state index contributed by atoms with van der Waals surface area (Å²) in [5.74, 6) is 0.837. The molecule has 3 nitrogen and oxygen atoms in total. The van der Waals surface area contributed by atoms with Crippen molar-refractivity contribution in [1.29, 1.82) is 0 Å². The van der Waals surface area contributed by atoms with Gasteiger partial charge in [0.25, 0.3) is 0 Å². The largest absolute Gasteiger partial charge is 0.330 e. The maximum atomic E-state index is 5.76. The van der Waals surface area contributed by atoms with Crippen molar-refractivity contribution in [3.05, 3.63) is 46.8 Å². The molecule has 1 aromatic heterocycles. The highest BCUT2D eigenvalue weighted by Gasteiger charge is 2.18. The molecule has 2 aromatic rings. The van der Waals surface area contributed by atoms with Crippen LogP contribution in [-0.2, 0) is 6.42 Å². The Labute approximate surface area is 122 Å². The van der Waals surface area contributed by atoms with Crippen molar-refractivity contribution in [3.63, 3.8) is 0 Å². The third-order valence-electron chi connectivity index (χ3n) is 3.04. The average Bonchev–Trinajstić information content (AvgIpc) is 2.39. The van der Waals surface area contributed by atoms with Gasteiger partial charge in [0, 0.05) is 22.7 Å². The molecular weight excluding hydrogens is 302 g/mol. The van der Waals surface area contributed by atoms with Crippen LogP contribution in [0.2, 0.25) is 0 Å². The molecule has 0 radical (unpaired) electrons. The molecule has 4 heteroatoms. The van der Waals surface area contributed by atoms with E-state index in [1.54, 1.807) is 0 Å². The number of rotatable bonds is 4. The van der Waals surface area contributed by atoms with Gasteiger partial charge in [0.2, 0.25) is 0 Å². The molecule has 0 saturated heterocycles. The fraction of sp³-hybridized carbons (Fsp3) is 0.333. The van der Waals surface area contributed by atoms with Gasteiger partial charge in [-0.15, -0.1) is 0 Å². The van der Waals surface area contributed by atoms with Crippen LogP contribution in [0.15, 0.2) is 41.0 Å². The number of nitrogens with zero attached hydrogens (tertiary/aromatic N) is 2. The zero-order valence-corrected chi connectivity index (χ0v) is 12.8. The number of halogens is 1. The molecule has 0 fully saturated rings. The Kier molecular flexibility index (Phi) is 4.32. The highest BCUT2D eigenvalue weighted by atomic mass is 79.9. The first-order valence-corrected chi connectivity index (χ1v) is 7.08. The smallest absolute Gasteiger partial charge is 0.129 e. The molecule has 0 atom stereocenters. The Morgan fingerprint density at radius 2 is 1.95 bits per heavy atom. The summed E-state index contributed by atoms with van der Waals surface area (Å²) in [5.41, 5.74) is 7.80. The lowest BCUT2D eigenvalue weighted by molar-refractivity contribution is 0.368.